The zero-order valence-electron chi connectivity index (χ0n) is 18.2. The molecule has 0 saturated heterocycles. The smallest absolute Gasteiger partial charge is 0.329 e. The van der Waals surface area contributed by atoms with Crippen LogP contribution in [-0.4, -0.2) is 36.6 Å². The van der Waals surface area contributed by atoms with E-state index in [9.17, 15) is 14.4 Å². The number of benzene rings is 2. The summed E-state index contributed by atoms with van der Waals surface area (Å²) in [5.74, 6) is -1.38. The Labute approximate surface area is 182 Å². The van der Waals surface area contributed by atoms with Crippen molar-refractivity contribution in [2.75, 3.05) is 11.9 Å². The van der Waals surface area contributed by atoms with Gasteiger partial charge in [-0.25, -0.2) is 5.43 Å². The van der Waals surface area contributed by atoms with Crippen LogP contribution in [0.25, 0.3) is 0 Å². The lowest BCUT2D eigenvalue weighted by Crippen LogP contribution is -2.41. The van der Waals surface area contributed by atoms with Crippen LogP contribution in [0.15, 0.2) is 47.6 Å². The molecular weight excluding hydrogens is 396 g/mol. The predicted molar refractivity (Wildman–Crippen MR) is 120 cm³/mol. The van der Waals surface area contributed by atoms with Crippen LogP contribution in [0, 0.1) is 13.8 Å². The summed E-state index contributed by atoms with van der Waals surface area (Å²) in [7, 11) is 0. The fourth-order valence-electron chi connectivity index (χ4n) is 2.46. The van der Waals surface area contributed by atoms with Crippen LogP contribution >= 0.6 is 0 Å². The van der Waals surface area contributed by atoms with E-state index in [2.05, 4.69) is 21.2 Å². The summed E-state index contributed by atoms with van der Waals surface area (Å²) in [4.78, 5) is 35.5. The van der Waals surface area contributed by atoms with Crippen molar-refractivity contribution in [2.24, 2.45) is 5.10 Å². The Morgan fingerprint density at radius 1 is 1.06 bits per heavy atom. The number of hydrogen-bond donors (Lipinski definition) is 3. The molecule has 0 spiro atoms. The lowest BCUT2D eigenvalue weighted by atomic mass is 10.1. The summed E-state index contributed by atoms with van der Waals surface area (Å²) in [6.07, 6.45) is 2.11. The van der Waals surface area contributed by atoms with Crippen LogP contribution in [-0.2, 0) is 14.4 Å². The molecule has 3 N–H and O–H groups in total. The molecule has 8 nitrogen and oxygen atoms in total. The monoisotopic (exact) mass is 424 g/mol. The maximum Gasteiger partial charge on any atom is 0.329 e. The summed E-state index contributed by atoms with van der Waals surface area (Å²) in [6, 6.07) is 12.4. The molecule has 2 aromatic carbocycles. The number of carbonyl (C=O) groups excluding carboxylic acids is 3. The Hall–Kier alpha value is -3.68. The standard InChI is InChI=1S/C23H28N4O4/c1-5-17(4)25-22(29)23(30)27-24-13-18-7-6-8-20(12-18)31-14-21(28)26-19-10-9-15(2)16(3)11-19/h6-13,17H,5,14H2,1-4H3,(H,25,29)(H,26,28)(H,27,30)/b24-13-/t17-/m1/s1. The van der Waals surface area contributed by atoms with E-state index in [0.29, 0.717) is 17.0 Å². The Morgan fingerprint density at radius 3 is 2.55 bits per heavy atom. The van der Waals surface area contributed by atoms with Crippen molar-refractivity contribution in [3.63, 3.8) is 0 Å². The van der Waals surface area contributed by atoms with Gasteiger partial charge >= 0.3 is 11.8 Å². The van der Waals surface area contributed by atoms with Gasteiger partial charge in [-0.3, -0.25) is 14.4 Å². The van der Waals surface area contributed by atoms with Crippen LogP contribution in [0.2, 0.25) is 0 Å². The molecule has 2 rings (SSSR count). The first-order chi connectivity index (χ1) is 14.8. The zero-order chi connectivity index (χ0) is 22.8. The third kappa shape index (κ3) is 7.93. The van der Waals surface area contributed by atoms with Crippen LogP contribution in [0.3, 0.4) is 0 Å². The first-order valence-corrected chi connectivity index (χ1v) is 10.0. The molecule has 0 aliphatic rings. The van der Waals surface area contributed by atoms with Gasteiger partial charge in [-0.1, -0.05) is 25.1 Å². The Kier molecular flexibility index (Phi) is 8.75. The lowest BCUT2D eigenvalue weighted by Gasteiger charge is -2.10. The van der Waals surface area contributed by atoms with E-state index in [0.717, 1.165) is 17.5 Å². The topological polar surface area (TPSA) is 109 Å². The molecule has 164 valence electrons. The summed E-state index contributed by atoms with van der Waals surface area (Å²) in [6.45, 7) is 7.55. The molecule has 0 saturated carbocycles. The average Bonchev–Trinajstić information content (AvgIpc) is 2.75. The van der Waals surface area contributed by atoms with E-state index in [-0.39, 0.29) is 18.6 Å². The second-order valence-electron chi connectivity index (χ2n) is 7.19. The molecule has 0 aliphatic heterocycles. The maximum atomic E-state index is 12.1. The number of aryl methyl sites for hydroxylation is 2. The molecule has 1 atom stereocenters. The minimum Gasteiger partial charge on any atom is -0.484 e. The van der Waals surface area contributed by atoms with E-state index < -0.39 is 11.8 Å². The Bertz CT molecular complexity index is 972. The van der Waals surface area contributed by atoms with Gasteiger partial charge in [-0.15, -0.1) is 0 Å². The van der Waals surface area contributed by atoms with Gasteiger partial charge < -0.3 is 15.4 Å². The number of nitrogens with zero attached hydrogens (tertiary/aromatic N) is 1. The van der Waals surface area contributed by atoms with E-state index in [4.69, 9.17) is 4.74 Å². The third-order valence-electron chi connectivity index (χ3n) is 4.59. The van der Waals surface area contributed by atoms with Crippen molar-refractivity contribution in [1.82, 2.24) is 10.7 Å². The second kappa shape index (κ2) is 11.5. The van der Waals surface area contributed by atoms with Crippen LogP contribution in [0.4, 0.5) is 5.69 Å². The number of amides is 3. The average molecular weight is 425 g/mol. The van der Waals surface area contributed by atoms with E-state index in [1.54, 1.807) is 24.3 Å². The van der Waals surface area contributed by atoms with Crippen molar-refractivity contribution in [2.45, 2.75) is 40.2 Å². The molecule has 0 radical (unpaired) electrons. The highest BCUT2D eigenvalue weighted by atomic mass is 16.5. The SMILES string of the molecule is CC[C@@H](C)NC(=O)C(=O)N/N=C\c1cccc(OCC(=O)Nc2ccc(C)c(C)c2)c1. The van der Waals surface area contributed by atoms with Crippen molar-refractivity contribution >= 4 is 29.6 Å². The number of hydrazone groups is 1. The summed E-state index contributed by atoms with van der Waals surface area (Å²) >= 11 is 0. The van der Waals surface area contributed by atoms with E-state index >= 15 is 0 Å². The minimum atomic E-state index is -0.841. The van der Waals surface area contributed by atoms with Crippen molar-refractivity contribution in [3.8, 4) is 5.75 Å². The van der Waals surface area contributed by atoms with Crippen molar-refractivity contribution in [1.29, 1.82) is 0 Å². The predicted octanol–water partition coefficient (Wildman–Crippen LogP) is 2.69. The van der Waals surface area contributed by atoms with Gasteiger partial charge in [0.2, 0.25) is 0 Å². The van der Waals surface area contributed by atoms with Gasteiger partial charge in [0.1, 0.15) is 5.75 Å². The zero-order valence-corrected chi connectivity index (χ0v) is 18.2. The highest BCUT2D eigenvalue weighted by Crippen LogP contribution is 2.15. The number of nitrogens with one attached hydrogen (secondary N) is 3. The molecule has 0 aliphatic carbocycles. The molecule has 8 heteroatoms. The first kappa shape index (κ1) is 23.6. The van der Waals surface area contributed by atoms with Gasteiger partial charge in [0.25, 0.3) is 5.91 Å². The van der Waals surface area contributed by atoms with Crippen LogP contribution in [0.1, 0.15) is 37.0 Å². The van der Waals surface area contributed by atoms with Gasteiger partial charge in [0.15, 0.2) is 6.61 Å². The Balaban J connectivity index is 1.85. The molecule has 31 heavy (non-hydrogen) atoms. The summed E-state index contributed by atoms with van der Waals surface area (Å²) < 4.78 is 5.53. The molecule has 2 aromatic rings. The number of carbonyl (C=O) groups is 3. The normalized spacial score (nSPS) is 11.6. The minimum absolute atomic E-state index is 0.0942. The third-order valence-corrected chi connectivity index (χ3v) is 4.59. The quantitative estimate of drug-likeness (QED) is 0.344. The number of hydrogen-bond acceptors (Lipinski definition) is 5. The molecule has 0 bridgehead atoms. The molecular formula is C23H28N4O4. The number of anilines is 1. The summed E-state index contributed by atoms with van der Waals surface area (Å²) in [5, 5.41) is 9.13. The number of rotatable bonds is 8. The number of ether oxygens (including phenoxy) is 1. The fourth-order valence-corrected chi connectivity index (χ4v) is 2.46. The molecule has 0 unspecified atom stereocenters. The maximum absolute atomic E-state index is 12.1. The van der Waals surface area contributed by atoms with Gasteiger partial charge in [-0.05, 0) is 68.1 Å². The van der Waals surface area contributed by atoms with Crippen molar-refractivity contribution in [3.05, 3.63) is 59.2 Å². The van der Waals surface area contributed by atoms with E-state index in [1.807, 2.05) is 45.9 Å². The molecule has 0 aromatic heterocycles. The van der Waals surface area contributed by atoms with Gasteiger partial charge in [0, 0.05) is 11.7 Å². The molecule has 0 heterocycles. The Morgan fingerprint density at radius 2 is 1.84 bits per heavy atom. The summed E-state index contributed by atoms with van der Waals surface area (Å²) in [5.41, 5.74) is 5.77. The van der Waals surface area contributed by atoms with Crippen LogP contribution < -0.4 is 20.8 Å². The fraction of sp³-hybridized carbons (Fsp3) is 0.304. The van der Waals surface area contributed by atoms with Gasteiger partial charge in [0.05, 0.1) is 6.21 Å². The first-order valence-electron chi connectivity index (χ1n) is 10.0. The van der Waals surface area contributed by atoms with E-state index in [1.165, 1.54) is 6.21 Å². The largest absolute Gasteiger partial charge is 0.484 e. The highest BCUT2D eigenvalue weighted by Gasteiger charge is 2.14. The molecule has 3 amide bonds. The van der Waals surface area contributed by atoms with Gasteiger partial charge in [-0.2, -0.15) is 5.10 Å². The van der Waals surface area contributed by atoms with Crippen molar-refractivity contribution < 1.29 is 19.1 Å². The lowest BCUT2D eigenvalue weighted by molar-refractivity contribution is -0.139. The molecule has 0 fully saturated rings. The highest BCUT2D eigenvalue weighted by molar-refractivity contribution is 6.35. The van der Waals surface area contributed by atoms with Crippen LogP contribution in [0.5, 0.6) is 5.75 Å². The second-order valence-corrected chi connectivity index (χ2v) is 7.19.